The Morgan fingerprint density at radius 3 is 1.34 bits per heavy atom. The van der Waals surface area contributed by atoms with Gasteiger partial charge in [-0.25, -0.2) is 4.79 Å². The Morgan fingerprint density at radius 2 is 0.833 bits per heavy atom. The molecule has 8 aromatic rings. The first-order chi connectivity index (χ1) is 44.2. The highest BCUT2D eigenvalue weighted by molar-refractivity contribution is 5.81. The molecule has 90 heavy (non-hydrogen) atoms. The maximum atomic E-state index is 14.9. The average Bonchev–Trinajstić information content (AvgIpc) is 1.37. The number of carbonyl (C=O) groups excluding carboxylic acids is 3. The van der Waals surface area contributed by atoms with Crippen LogP contribution in [0.25, 0.3) is 11.1 Å². The minimum Gasteiger partial charge on any atom is -0.497 e. The molecule has 0 radical (unpaired) electrons. The number of ether oxygens (including phenoxy) is 13. The first-order valence-corrected chi connectivity index (χ1v) is 30.4. The van der Waals surface area contributed by atoms with Crippen LogP contribution in [0.15, 0.2) is 224 Å². The Kier molecular flexibility index (Phi) is 22.2. The lowest BCUT2D eigenvalue weighted by atomic mass is 9.95. The molecule has 2 fully saturated rings. The summed E-state index contributed by atoms with van der Waals surface area (Å²) in [6, 6.07) is 71.4. The molecule has 0 amide bonds. The fraction of sp³-hybridized carbons (Fsp3) is 0.311. The summed E-state index contributed by atoms with van der Waals surface area (Å²) in [5.74, 6) is -0.0565. The molecule has 16 nitrogen and oxygen atoms in total. The van der Waals surface area contributed by atoms with Crippen molar-refractivity contribution in [2.45, 2.75) is 120 Å². The summed E-state index contributed by atoms with van der Waals surface area (Å²) in [6.45, 7) is 1.24. The van der Waals surface area contributed by atoms with Crippen LogP contribution in [0.1, 0.15) is 64.6 Å². The number of carbonyl (C=O) groups is 3. The van der Waals surface area contributed by atoms with Crippen LogP contribution < -0.4 is 9.47 Å². The van der Waals surface area contributed by atoms with Gasteiger partial charge in [0.15, 0.2) is 12.4 Å². The van der Waals surface area contributed by atoms with Gasteiger partial charge in [-0.1, -0.05) is 200 Å². The second-order valence-corrected chi connectivity index (χ2v) is 22.3. The molecular formula is C74H74O16. The zero-order valence-corrected chi connectivity index (χ0v) is 50.3. The summed E-state index contributed by atoms with van der Waals surface area (Å²) >= 11 is 0. The third-order valence-electron chi connectivity index (χ3n) is 16.0. The zero-order chi connectivity index (χ0) is 61.9. The summed E-state index contributed by atoms with van der Waals surface area (Å²) in [4.78, 5) is 40.7. The SMILES string of the molecule is COc1ccc(O[C@@H]2O[C@H](COCc3ccccc3)[C@@H](O[C@@H]3O[C@H](COC(=O)CCC(C)=O)[C@H](OCc4ccccc4)[C@H](OC(=O)OCC4c5ccccc5-c5ccccc54)[C@H]3OCc3ccccc3)[C@H](OCc3ccccc3)[C@H]2OCc2ccccc2)cc1. The highest BCUT2D eigenvalue weighted by atomic mass is 16.8. The molecule has 0 aromatic heterocycles. The van der Waals surface area contributed by atoms with E-state index in [4.69, 9.17) is 61.6 Å². The van der Waals surface area contributed by atoms with Gasteiger partial charge in [-0.05, 0) is 81.3 Å². The van der Waals surface area contributed by atoms with Crippen molar-refractivity contribution in [3.63, 3.8) is 0 Å². The number of benzene rings is 8. The van der Waals surface area contributed by atoms with Crippen molar-refractivity contribution in [3.8, 4) is 22.6 Å². The molecule has 2 saturated heterocycles. The number of Topliss-reactive ketones (excluding diaryl/α,β-unsaturated/α-hetero) is 1. The van der Waals surface area contributed by atoms with Gasteiger partial charge in [0.2, 0.25) is 6.29 Å². The number of rotatable bonds is 29. The highest BCUT2D eigenvalue weighted by Crippen LogP contribution is 2.45. The monoisotopic (exact) mass is 1220 g/mol. The summed E-state index contributed by atoms with van der Waals surface area (Å²) in [7, 11) is 1.59. The predicted octanol–water partition coefficient (Wildman–Crippen LogP) is 12.7. The van der Waals surface area contributed by atoms with E-state index in [0.717, 1.165) is 50.1 Å². The van der Waals surface area contributed by atoms with Crippen LogP contribution in [0.2, 0.25) is 0 Å². The van der Waals surface area contributed by atoms with E-state index < -0.39 is 80.1 Å². The van der Waals surface area contributed by atoms with Crippen molar-refractivity contribution in [2.75, 3.05) is 26.9 Å². The maximum absolute atomic E-state index is 14.9. The second-order valence-electron chi connectivity index (χ2n) is 22.3. The maximum Gasteiger partial charge on any atom is 0.508 e. The molecule has 2 aliphatic heterocycles. The van der Waals surface area contributed by atoms with Crippen LogP contribution in [0.5, 0.6) is 11.5 Å². The van der Waals surface area contributed by atoms with Crippen molar-refractivity contribution in [3.05, 3.63) is 263 Å². The molecule has 3 aliphatic rings. The Bertz CT molecular complexity index is 3460. The Hall–Kier alpha value is -8.55. The minimum atomic E-state index is -1.50. The topological polar surface area (TPSA) is 171 Å². The van der Waals surface area contributed by atoms with Crippen molar-refractivity contribution >= 4 is 17.9 Å². The smallest absolute Gasteiger partial charge is 0.497 e. The van der Waals surface area contributed by atoms with E-state index in [1.807, 2.05) is 188 Å². The van der Waals surface area contributed by atoms with Crippen LogP contribution >= 0.6 is 0 Å². The number of fused-ring (bicyclic) bond motifs is 3. The molecule has 0 saturated carbocycles. The van der Waals surface area contributed by atoms with Gasteiger partial charge in [0, 0.05) is 12.3 Å². The van der Waals surface area contributed by atoms with E-state index in [2.05, 4.69) is 12.1 Å². The molecule has 0 unspecified atom stereocenters. The number of methoxy groups -OCH3 is 1. The number of hydrogen-bond donors (Lipinski definition) is 0. The quantitative estimate of drug-likeness (QED) is 0.0405. The minimum absolute atomic E-state index is 0.00778. The molecule has 1 aliphatic carbocycles. The molecule has 16 heteroatoms. The van der Waals surface area contributed by atoms with Gasteiger partial charge in [0.1, 0.15) is 73.2 Å². The lowest BCUT2D eigenvalue weighted by Crippen LogP contribution is -2.67. The van der Waals surface area contributed by atoms with Gasteiger partial charge in [0.25, 0.3) is 0 Å². The van der Waals surface area contributed by atoms with Gasteiger partial charge < -0.3 is 66.4 Å². The van der Waals surface area contributed by atoms with Crippen LogP contribution in [0.4, 0.5) is 4.79 Å². The van der Waals surface area contributed by atoms with Crippen LogP contribution in [-0.2, 0) is 94.7 Å². The van der Waals surface area contributed by atoms with Gasteiger partial charge in [-0.2, -0.15) is 0 Å². The third-order valence-corrected chi connectivity index (χ3v) is 16.0. The molecule has 10 atom stereocenters. The van der Waals surface area contributed by atoms with E-state index in [9.17, 15) is 14.4 Å². The highest BCUT2D eigenvalue weighted by Gasteiger charge is 2.56. The average molecular weight is 1220 g/mol. The third kappa shape index (κ3) is 16.8. The molecule has 0 bridgehead atoms. The fourth-order valence-electron chi connectivity index (χ4n) is 11.4. The summed E-state index contributed by atoms with van der Waals surface area (Å²) in [5, 5.41) is 0. The lowest BCUT2D eigenvalue weighted by molar-refractivity contribution is -0.368. The molecule has 466 valence electrons. The van der Waals surface area contributed by atoms with Crippen LogP contribution in [0.3, 0.4) is 0 Å². The van der Waals surface area contributed by atoms with Gasteiger partial charge in [0.05, 0.1) is 53.2 Å². The van der Waals surface area contributed by atoms with Crippen molar-refractivity contribution < 1.29 is 76.0 Å². The van der Waals surface area contributed by atoms with Crippen LogP contribution in [0, 0.1) is 0 Å². The summed E-state index contributed by atoms with van der Waals surface area (Å²) in [5.41, 5.74) is 8.33. The van der Waals surface area contributed by atoms with Crippen molar-refractivity contribution in [2.24, 2.45) is 0 Å². The number of ketones is 1. The Morgan fingerprint density at radius 1 is 0.400 bits per heavy atom. The van der Waals surface area contributed by atoms with E-state index in [1.54, 1.807) is 31.4 Å². The van der Waals surface area contributed by atoms with E-state index in [-0.39, 0.29) is 70.8 Å². The van der Waals surface area contributed by atoms with E-state index >= 15 is 0 Å². The zero-order valence-electron chi connectivity index (χ0n) is 50.3. The molecule has 8 aromatic carbocycles. The molecule has 0 N–H and O–H groups in total. The molecule has 2 heterocycles. The second kappa shape index (κ2) is 31.8. The van der Waals surface area contributed by atoms with Gasteiger partial charge in [-0.15, -0.1) is 0 Å². The largest absolute Gasteiger partial charge is 0.508 e. The summed E-state index contributed by atoms with van der Waals surface area (Å²) in [6.07, 6.45) is -13.3. The lowest BCUT2D eigenvalue weighted by Gasteiger charge is -2.49. The first kappa shape index (κ1) is 63.0. The van der Waals surface area contributed by atoms with E-state index in [0.29, 0.717) is 11.5 Å². The molecule has 0 spiro atoms. The number of hydrogen-bond acceptors (Lipinski definition) is 16. The standard InChI is InChI=1S/C74H74O16/c1-50(75)36-41-65(76)80-49-64-66(81-43-52-24-10-4-11-25-52)69(90-74(77)85-47-62-60-34-20-18-32-58(60)59-33-19-21-35-61(59)62)71(84-46-55-30-16-7-17-31-55)73(88-64)89-67-63(48-79-42-51-22-8-3-9-23-51)87-72(86-57-39-37-56(78-2)38-40-57)70(83-45-54-28-14-6-15-29-54)68(67)82-44-53-26-12-5-13-27-53/h3-35,37-40,62-64,66-73H,36,41-49H2,1-2H3/t63-,64-,66+,67-,68+,69+,70-,71-,72-,73+/m1/s1. The Labute approximate surface area is 524 Å². The van der Waals surface area contributed by atoms with Crippen LogP contribution in [-0.4, -0.2) is 106 Å². The van der Waals surface area contributed by atoms with Crippen molar-refractivity contribution in [1.29, 1.82) is 0 Å². The van der Waals surface area contributed by atoms with Gasteiger partial charge >= 0.3 is 12.1 Å². The van der Waals surface area contributed by atoms with E-state index in [1.165, 1.54) is 6.92 Å². The fourth-order valence-corrected chi connectivity index (χ4v) is 11.4. The van der Waals surface area contributed by atoms with Crippen molar-refractivity contribution in [1.82, 2.24) is 0 Å². The number of esters is 1. The Balaban J connectivity index is 1.00. The normalized spacial score (nSPS) is 21.9. The molecule has 11 rings (SSSR count). The first-order valence-electron chi connectivity index (χ1n) is 30.4. The summed E-state index contributed by atoms with van der Waals surface area (Å²) < 4.78 is 87.6. The predicted molar refractivity (Wildman–Crippen MR) is 333 cm³/mol. The van der Waals surface area contributed by atoms with Gasteiger partial charge in [-0.3, -0.25) is 4.79 Å². The molecular weight excluding hydrogens is 1140 g/mol.